The van der Waals surface area contributed by atoms with Crippen molar-refractivity contribution < 1.29 is 49.0 Å². The number of allylic oxidation sites excluding steroid dienone is 8. The number of halogens is 2. The molecule has 0 saturated heterocycles. The average Bonchev–Trinajstić information content (AvgIpc) is 3.13. The Labute approximate surface area is 188 Å². The van der Waals surface area contributed by atoms with Crippen LogP contribution in [0.2, 0.25) is 0 Å². The molecule has 2 atom stereocenters. The Kier molecular flexibility index (Phi) is 13.6. The van der Waals surface area contributed by atoms with Crippen LogP contribution in [0.1, 0.15) is 79.1 Å². The fourth-order valence-corrected chi connectivity index (χ4v) is 3.88. The summed E-state index contributed by atoms with van der Waals surface area (Å²) in [5.41, 5.74) is 6.54. The maximum absolute atomic E-state index is 3.36. The van der Waals surface area contributed by atoms with E-state index in [4.69, 9.17) is 0 Å². The Bertz CT molecular complexity index is 531. The van der Waals surface area contributed by atoms with E-state index < -0.39 is 0 Å². The molecule has 4 aliphatic carbocycles. The summed E-state index contributed by atoms with van der Waals surface area (Å²) in [7, 11) is 0. The standard InChI is InChI=1S/2C10H13.C3H6.2ClH.Zr/c2*1-8-6-7-9-4-2-3-5-10(8)9;1-3-2;;;/h2*7-8H,2-5H2,1H3;1-2H3;2*1H;/q2*-1;;;;+2/p-2/t2*8-;;;;/m10..../s1. The van der Waals surface area contributed by atoms with Crippen LogP contribution in [-0.2, 0) is 24.2 Å². The van der Waals surface area contributed by atoms with Crippen LogP contribution >= 0.6 is 0 Å². The third-order valence-corrected chi connectivity index (χ3v) is 5.17. The second-order valence-electron chi connectivity index (χ2n) is 7.58. The van der Waals surface area contributed by atoms with E-state index in [-0.39, 0.29) is 24.8 Å². The molecule has 0 amide bonds. The van der Waals surface area contributed by atoms with Crippen molar-refractivity contribution in [3.8, 4) is 0 Å². The maximum atomic E-state index is 3.36. The number of rotatable bonds is 0. The monoisotopic (exact) mass is 468 g/mol. The zero-order valence-corrected chi connectivity index (χ0v) is 20.7. The van der Waals surface area contributed by atoms with Crippen LogP contribution in [-0.4, -0.2) is 3.21 Å². The van der Waals surface area contributed by atoms with Crippen LogP contribution in [0.5, 0.6) is 0 Å². The van der Waals surface area contributed by atoms with Crippen molar-refractivity contribution in [1.82, 2.24) is 0 Å². The molecule has 0 spiro atoms. The molecule has 4 rings (SSSR count). The molecule has 0 aromatic carbocycles. The first-order chi connectivity index (χ1) is 11.5. The van der Waals surface area contributed by atoms with Gasteiger partial charge in [-0.1, -0.05) is 64.2 Å². The second-order valence-corrected chi connectivity index (χ2v) is 10.0. The molecule has 0 nitrogen and oxygen atoms in total. The van der Waals surface area contributed by atoms with Gasteiger partial charge >= 0.3 is 41.3 Å². The quantitative estimate of drug-likeness (QED) is 0.452. The van der Waals surface area contributed by atoms with Gasteiger partial charge in [-0.3, -0.25) is 12.2 Å². The zero-order valence-electron chi connectivity index (χ0n) is 16.7. The Hall–Kier alpha value is 0.293. The Balaban J connectivity index is 0.000000378. The Morgan fingerprint density at radius 2 is 1.08 bits per heavy atom. The van der Waals surface area contributed by atoms with Crippen molar-refractivity contribution in [2.75, 3.05) is 0 Å². The summed E-state index contributed by atoms with van der Waals surface area (Å²) < 4.78 is 1.51. The first-order valence-electron chi connectivity index (χ1n) is 9.63. The topological polar surface area (TPSA) is 0 Å². The maximum Gasteiger partial charge on any atom is -1.00 e. The van der Waals surface area contributed by atoms with Crippen molar-refractivity contribution in [3.63, 3.8) is 0 Å². The van der Waals surface area contributed by atoms with Gasteiger partial charge in [0.05, 0.1) is 0 Å². The third-order valence-electron chi connectivity index (χ3n) is 5.17. The smallest absolute Gasteiger partial charge is 1.00 e. The van der Waals surface area contributed by atoms with Crippen LogP contribution in [0.25, 0.3) is 0 Å². The van der Waals surface area contributed by atoms with Gasteiger partial charge in [0.1, 0.15) is 0 Å². The SMILES string of the molecule is C[C@@H]1[C-]=CC2=C1CCCC2.C[C@H]1[C-]=CC2=C1CCCC2.C[C](C)=[Zr+2].[Cl-].[Cl-]. The summed E-state index contributed by atoms with van der Waals surface area (Å²) in [6.07, 6.45) is 22.0. The van der Waals surface area contributed by atoms with E-state index in [1.54, 1.807) is 46.5 Å². The molecule has 144 valence electrons. The van der Waals surface area contributed by atoms with Crippen LogP contribution in [0.4, 0.5) is 0 Å². The molecule has 0 aromatic rings. The van der Waals surface area contributed by atoms with E-state index in [1.165, 1.54) is 54.6 Å². The summed E-state index contributed by atoms with van der Waals surface area (Å²) in [6, 6.07) is 0. The van der Waals surface area contributed by atoms with E-state index in [1.807, 2.05) is 0 Å². The van der Waals surface area contributed by atoms with Gasteiger partial charge in [0, 0.05) is 0 Å². The van der Waals surface area contributed by atoms with Gasteiger partial charge in [0.25, 0.3) is 0 Å². The van der Waals surface area contributed by atoms with Gasteiger partial charge in [-0.2, -0.15) is 22.3 Å². The molecule has 3 heteroatoms. The molecular formula is C23H32Cl2Zr-2. The molecule has 0 aromatic heterocycles. The largest absolute Gasteiger partial charge is 1.00 e. The minimum atomic E-state index is 0. The van der Waals surface area contributed by atoms with Gasteiger partial charge in [-0.05, 0) is 12.8 Å². The minimum Gasteiger partial charge on any atom is -1.00 e. The molecule has 0 N–H and O–H groups in total. The van der Waals surface area contributed by atoms with Gasteiger partial charge in [-0.15, -0.1) is 0 Å². The van der Waals surface area contributed by atoms with E-state index in [0.717, 1.165) is 0 Å². The Morgan fingerprint density at radius 3 is 1.38 bits per heavy atom. The van der Waals surface area contributed by atoms with Crippen LogP contribution in [0.3, 0.4) is 0 Å². The molecule has 0 heterocycles. The summed E-state index contributed by atoms with van der Waals surface area (Å²) in [4.78, 5) is 0. The van der Waals surface area contributed by atoms with E-state index in [2.05, 4.69) is 52.0 Å². The van der Waals surface area contributed by atoms with Gasteiger partial charge in [0.15, 0.2) is 0 Å². The summed E-state index contributed by atoms with van der Waals surface area (Å²) >= 11 is 1.55. The van der Waals surface area contributed by atoms with E-state index in [9.17, 15) is 0 Å². The van der Waals surface area contributed by atoms with Crippen molar-refractivity contribution in [2.24, 2.45) is 11.8 Å². The molecule has 0 fully saturated rings. The predicted octanol–water partition coefficient (Wildman–Crippen LogP) is 0.486. The van der Waals surface area contributed by atoms with Crippen LogP contribution in [0, 0.1) is 24.0 Å². The first-order valence-corrected chi connectivity index (χ1v) is 10.9. The molecule has 0 aliphatic heterocycles. The second kappa shape index (κ2) is 13.5. The van der Waals surface area contributed by atoms with Gasteiger partial charge < -0.3 is 24.8 Å². The molecule has 4 aliphatic rings. The van der Waals surface area contributed by atoms with Crippen molar-refractivity contribution in [2.45, 2.75) is 79.1 Å². The van der Waals surface area contributed by atoms with E-state index >= 15 is 0 Å². The molecule has 0 unspecified atom stereocenters. The summed E-state index contributed by atoms with van der Waals surface area (Å²) in [6.45, 7) is 8.75. The van der Waals surface area contributed by atoms with Crippen molar-refractivity contribution in [1.29, 1.82) is 0 Å². The first kappa shape index (κ1) is 26.3. The average molecular weight is 471 g/mol. The van der Waals surface area contributed by atoms with Crippen molar-refractivity contribution >= 4 is 3.21 Å². The number of hydrogen-bond donors (Lipinski definition) is 0. The van der Waals surface area contributed by atoms with Crippen LogP contribution < -0.4 is 24.8 Å². The molecule has 0 saturated carbocycles. The molecule has 0 radical (unpaired) electrons. The molecule has 26 heavy (non-hydrogen) atoms. The zero-order chi connectivity index (χ0) is 17.5. The third kappa shape index (κ3) is 8.12. The summed E-state index contributed by atoms with van der Waals surface area (Å²) in [5.74, 6) is 1.27. The normalized spacial score (nSPS) is 25.0. The molecule has 0 bridgehead atoms. The fourth-order valence-electron chi connectivity index (χ4n) is 3.88. The van der Waals surface area contributed by atoms with Gasteiger partial charge in [0.2, 0.25) is 0 Å². The number of hydrogen-bond acceptors (Lipinski definition) is 0. The van der Waals surface area contributed by atoms with Crippen LogP contribution in [0.15, 0.2) is 34.4 Å². The van der Waals surface area contributed by atoms with Gasteiger partial charge in [-0.25, -0.2) is 12.2 Å². The Morgan fingerprint density at radius 1 is 0.769 bits per heavy atom. The van der Waals surface area contributed by atoms with E-state index in [0.29, 0.717) is 11.8 Å². The fraction of sp³-hybridized carbons (Fsp3) is 0.609. The summed E-state index contributed by atoms with van der Waals surface area (Å²) in [5, 5.41) is 0. The minimum absolute atomic E-state index is 0. The predicted molar refractivity (Wildman–Crippen MR) is 101 cm³/mol. The molecular weight excluding hydrogens is 438 g/mol. The van der Waals surface area contributed by atoms with Crippen molar-refractivity contribution in [3.05, 3.63) is 46.6 Å².